The Morgan fingerprint density at radius 2 is 1.92 bits per heavy atom. The topological polar surface area (TPSA) is 71.1 Å². The van der Waals surface area contributed by atoms with E-state index < -0.39 is 5.97 Å². The molecule has 0 bridgehead atoms. The van der Waals surface area contributed by atoms with Crippen LogP contribution in [0.4, 0.5) is 0 Å². The van der Waals surface area contributed by atoms with Crippen molar-refractivity contribution in [2.75, 3.05) is 14.2 Å². The first-order chi connectivity index (χ1) is 12.0. The molecule has 1 heterocycles. The molecule has 128 valence electrons. The Labute approximate surface area is 144 Å². The van der Waals surface area contributed by atoms with E-state index in [2.05, 4.69) is 0 Å². The molecule has 3 rings (SSSR count). The Morgan fingerprint density at radius 1 is 1.12 bits per heavy atom. The zero-order chi connectivity index (χ0) is 18.0. The summed E-state index contributed by atoms with van der Waals surface area (Å²) in [7, 11) is 3.07. The number of hydrogen-bond acceptors (Lipinski definition) is 6. The van der Waals surface area contributed by atoms with Gasteiger partial charge in [0.2, 0.25) is 5.78 Å². The lowest BCUT2D eigenvalue weighted by Crippen LogP contribution is -2.01. The second-order valence-electron chi connectivity index (χ2n) is 5.27. The average molecular weight is 340 g/mol. The van der Waals surface area contributed by atoms with Crippen LogP contribution < -0.4 is 18.9 Å². The van der Waals surface area contributed by atoms with Crippen LogP contribution >= 0.6 is 0 Å². The van der Waals surface area contributed by atoms with Crippen molar-refractivity contribution in [2.24, 2.45) is 0 Å². The molecule has 25 heavy (non-hydrogen) atoms. The highest BCUT2D eigenvalue weighted by Crippen LogP contribution is 2.37. The Kier molecular flexibility index (Phi) is 4.43. The minimum Gasteiger partial charge on any atom is -0.493 e. The predicted octanol–water partition coefficient (Wildman–Crippen LogP) is 3.25. The van der Waals surface area contributed by atoms with Gasteiger partial charge in [-0.1, -0.05) is 12.1 Å². The van der Waals surface area contributed by atoms with Gasteiger partial charge < -0.3 is 18.9 Å². The number of allylic oxidation sites excluding steroid dienone is 1. The smallest absolute Gasteiger partial charge is 0.308 e. The number of rotatable bonds is 4. The highest BCUT2D eigenvalue weighted by atomic mass is 16.5. The lowest BCUT2D eigenvalue weighted by Gasteiger charge is -2.10. The van der Waals surface area contributed by atoms with Gasteiger partial charge in [-0.15, -0.1) is 0 Å². The van der Waals surface area contributed by atoms with Crippen LogP contribution in [0.3, 0.4) is 0 Å². The maximum absolute atomic E-state index is 12.5. The van der Waals surface area contributed by atoms with Crippen molar-refractivity contribution in [3.63, 3.8) is 0 Å². The maximum atomic E-state index is 12.5. The Morgan fingerprint density at radius 3 is 2.60 bits per heavy atom. The number of methoxy groups -OCH3 is 2. The fourth-order valence-electron chi connectivity index (χ4n) is 2.56. The van der Waals surface area contributed by atoms with E-state index in [4.69, 9.17) is 18.9 Å². The van der Waals surface area contributed by atoms with Gasteiger partial charge in [-0.3, -0.25) is 9.59 Å². The van der Waals surface area contributed by atoms with Gasteiger partial charge in [-0.25, -0.2) is 0 Å². The highest BCUT2D eigenvalue weighted by molar-refractivity contribution is 6.14. The van der Waals surface area contributed by atoms with Crippen LogP contribution in [0.25, 0.3) is 6.08 Å². The number of ether oxygens (including phenoxy) is 4. The van der Waals surface area contributed by atoms with Crippen LogP contribution in [0.2, 0.25) is 0 Å². The molecular formula is C19H16O6. The lowest BCUT2D eigenvalue weighted by atomic mass is 10.1. The van der Waals surface area contributed by atoms with Crippen molar-refractivity contribution in [3.05, 3.63) is 53.3 Å². The summed E-state index contributed by atoms with van der Waals surface area (Å²) in [5.41, 5.74) is 1.06. The van der Waals surface area contributed by atoms with Crippen molar-refractivity contribution in [3.8, 4) is 23.0 Å². The summed E-state index contributed by atoms with van der Waals surface area (Å²) in [5, 5.41) is 0. The molecule has 6 nitrogen and oxygen atoms in total. The second kappa shape index (κ2) is 6.68. The van der Waals surface area contributed by atoms with E-state index in [1.807, 2.05) is 0 Å². The van der Waals surface area contributed by atoms with Gasteiger partial charge in [0.25, 0.3) is 0 Å². The molecule has 0 fully saturated rings. The van der Waals surface area contributed by atoms with Gasteiger partial charge in [-0.05, 0) is 24.3 Å². The second-order valence-corrected chi connectivity index (χ2v) is 5.27. The molecule has 0 saturated carbocycles. The molecule has 0 saturated heterocycles. The van der Waals surface area contributed by atoms with Crippen molar-refractivity contribution >= 4 is 17.8 Å². The number of benzene rings is 2. The quantitative estimate of drug-likeness (QED) is 0.483. The molecule has 0 amide bonds. The zero-order valence-electron chi connectivity index (χ0n) is 14.0. The number of Topliss-reactive ketones (excluding diaryl/α,β-unsaturated/α-hetero) is 1. The number of carbonyl (C=O) groups is 2. The summed E-state index contributed by atoms with van der Waals surface area (Å²) in [6, 6.07) is 9.98. The normalized spacial score (nSPS) is 14.0. The van der Waals surface area contributed by atoms with Crippen LogP contribution in [0.1, 0.15) is 22.8 Å². The first-order valence-corrected chi connectivity index (χ1v) is 7.51. The number of esters is 1. The summed E-state index contributed by atoms with van der Waals surface area (Å²) in [6.45, 7) is 1.31. The lowest BCUT2D eigenvalue weighted by molar-refractivity contribution is -0.131. The SMILES string of the molecule is COc1cccc(/C=C2\Oc3cc(OC(C)=O)ccc3C2=O)c1OC. The Bertz CT molecular complexity index is 881. The highest BCUT2D eigenvalue weighted by Gasteiger charge is 2.28. The number of carbonyl (C=O) groups excluding carboxylic acids is 2. The van der Waals surface area contributed by atoms with E-state index >= 15 is 0 Å². The van der Waals surface area contributed by atoms with Gasteiger partial charge in [0.1, 0.15) is 11.5 Å². The molecule has 0 unspecified atom stereocenters. The summed E-state index contributed by atoms with van der Waals surface area (Å²) >= 11 is 0. The molecule has 0 N–H and O–H groups in total. The molecule has 0 aliphatic carbocycles. The molecule has 1 aliphatic rings. The first kappa shape index (κ1) is 16.6. The Hall–Kier alpha value is -3.28. The van der Waals surface area contributed by atoms with Gasteiger partial charge >= 0.3 is 5.97 Å². The third-order valence-electron chi connectivity index (χ3n) is 3.62. The van der Waals surface area contributed by atoms with Crippen LogP contribution in [-0.4, -0.2) is 26.0 Å². The molecular weight excluding hydrogens is 324 g/mol. The fraction of sp³-hybridized carbons (Fsp3) is 0.158. The molecule has 0 radical (unpaired) electrons. The van der Waals surface area contributed by atoms with Crippen molar-refractivity contribution in [2.45, 2.75) is 6.92 Å². The van der Waals surface area contributed by atoms with Crippen LogP contribution in [0.15, 0.2) is 42.2 Å². The van der Waals surface area contributed by atoms with E-state index in [1.54, 1.807) is 43.5 Å². The van der Waals surface area contributed by atoms with Crippen LogP contribution in [-0.2, 0) is 4.79 Å². The first-order valence-electron chi connectivity index (χ1n) is 7.51. The average Bonchev–Trinajstić information content (AvgIpc) is 2.89. The Balaban J connectivity index is 1.96. The molecule has 2 aromatic carbocycles. The summed E-state index contributed by atoms with van der Waals surface area (Å²) < 4.78 is 21.3. The van der Waals surface area contributed by atoms with Crippen LogP contribution in [0.5, 0.6) is 23.0 Å². The molecule has 0 spiro atoms. The van der Waals surface area contributed by atoms with E-state index in [0.717, 1.165) is 0 Å². The molecule has 1 aliphatic heterocycles. The summed E-state index contributed by atoms with van der Waals surface area (Å²) in [6.07, 6.45) is 1.59. The van der Waals surface area contributed by atoms with Gasteiger partial charge in [0.15, 0.2) is 17.3 Å². The number of ketones is 1. The molecule has 6 heteroatoms. The zero-order valence-corrected chi connectivity index (χ0v) is 14.0. The van der Waals surface area contributed by atoms with E-state index in [-0.39, 0.29) is 11.5 Å². The number of para-hydroxylation sites is 1. The number of hydrogen-bond donors (Lipinski definition) is 0. The minimum absolute atomic E-state index is 0.154. The van der Waals surface area contributed by atoms with Gasteiger partial charge in [-0.2, -0.15) is 0 Å². The summed E-state index contributed by atoms with van der Waals surface area (Å²) in [4.78, 5) is 23.6. The maximum Gasteiger partial charge on any atom is 0.308 e. The third-order valence-corrected chi connectivity index (χ3v) is 3.62. The van der Waals surface area contributed by atoms with Crippen molar-refractivity contribution < 1.29 is 28.5 Å². The predicted molar refractivity (Wildman–Crippen MR) is 90.2 cm³/mol. The third kappa shape index (κ3) is 3.19. The monoisotopic (exact) mass is 340 g/mol. The van der Waals surface area contributed by atoms with Crippen LogP contribution in [0, 0.1) is 0 Å². The van der Waals surface area contributed by atoms with Gasteiger partial charge in [0, 0.05) is 18.6 Å². The van der Waals surface area contributed by atoms with E-state index in [1.165, 1.54) is 20.1 Å². The molecule has 0 aromatic heterocycles. The number of fused-ring (bicyclic) bond motifs is 1. The van der Waals surface area contributed by atoms with Crippen molar-refractivity contribution in [1.29, 1.82) is 0 Å². The van der Waals surface area contributed by atoms with E-state index in [0.29, 0.717) is 34.1 Å². The van der Waals surface area contributed by atoms with Crippen molar-refractivity contribution in [1.82, 2.24) is 0 Å². The standard InChI is InChI=1S/C19H16O6/c1-11(20)24-13-7-8-14-16(10-13)25-17(18(14)21)9-12-5-4-6-15(22-2)19(12)23-3/h4-10H,1-3H3/b17-9-. The largest absolute Gasteiger partial charge is 0.493 e. The molecule has 0 atom stereocenters. The minimum atomic E-state index is -0.443. The fourth-order valence-corrected chi connectivity index (χ4v) is 2.56. The van der Waals surface area contributed by atoms with Gasteiger partial charge in [0.05, 0.1) is 19.8 Å². The molecule has 2 aromatic rings. The summed E-state index contributed by atoms with van der Waals surface area (Å²) in [5.74, 6) is 1.18. The van der Waals surface area contributed by atoms with E-state index in [9.17, 15) is 9.59 Å².